The summed E-state index contributed by atoms with van der Waals surface area (Å²) in [6.07, 6.45) is 2.46. The van der Waals surface area contributed by atoms with Crippen molar-refractivity contribution in [3.8, 4) is 0 Å². The van der Waals surface area contributed by atoms with Gasteiger partial charge in [0, 0.05) is 6.54 Å². The van der Waals surface area contributed by atoms with Crippen molar-refractivity contribution >= 4 is 0 Å². The minimum Gasteiger partial charge on any atom is -0.386 e. The fourth-order valence-corrected chi connectivity index (χ4v) is 0.576. The smallest absolute Gasteiger partial charge is 0.107 e. The zero-order valence-corrected chi connectivity index (χ0v) is 4.91. The number of aliphatic hydroxyl groups is 1. The van der Waals surface area contributed by atoms with Gasteiger partial charge in [-0.25, -0.2) is 4.98 Å². The summed E-state index contributed by atoms with van der Waals surface area (Å²) in [6.45, 7) is 0.224. The van der Waals surface area contributed by atoms with Gasteiger partial charge in [-0.3, -0.25) is 0 Å². The molecule has 1 atom stereocenters. The van der Waals surface area contributed by atoms with Crippen molar-refractivity contribution in [1.29, 1.82) is 0 Å². The SMILES string of the molecule is NCC(O)c1cnc[nH]1. The molecule has 1 aromatic heterocycles. The second-order valence-electron chi connectivity index (χ2n) is 1.76. The van der Waals surface area contributed by atoms with Crippen molar-refractivity contribution in [3.63, 3.8) is 0 Å². The molecule has 1 unspecified atom stereocenters. The van der Waals surface area contributed by atoms with Crippen LogP contribution in [0.1, 0.15) is 11.8 Å². The Morgan fingerprint density at radius 1 is 1.89 bits per heavy atom. The summed E-state index contributed by atoms with van der Waals surface area (Å²) in [6, 6.07) is 0. The molecule has 1 rings (SSSR count). The van der Waals surface area contributed by atoms with E-state index in [4.69, 9.17) is 10.8 Å². The highest BCUT2D eigenvalue weighted by molar-refractivity contribution is 4.98. The number of aromatic nitrogens is 2. The summed E-state index contributed by atoms with van der Waals surface area (Å²) in [4.78, 5) is 6.47. The molecule has 0 spiro atoms. The van der Waals surface area contributed by atoms with Crippen LogP contribution in [0, 0.1) is 0 Å². The molecular weight excluding hydrogens is 118 g/mol. The molecule has 0 amide bonds. The van der Waals surface area contributed by atoms with E-state index in [1.54, 1.807) is 6.20 Å². The van der Waals surface area contributed by atoms with Gasteiger partial charge in [0.05, 0.1) is 18.2 Å². The number of imidazole rings is 1. The number of aromatic amines is 1. The normalized spacial score (nSPS) is 13.6. The van der Waals surface area contributed by atoms with Crippen LogP contribution in [0.4, 0.5) is 0 Å². The standard InChI is InChI=1S/C5H9N3O/c6-1-5(9)4-2-7-3-8-4/h2-3,5,9H,1,6H2,(H,7,8). The molecule has 0 saturated heterocycles. The number of hydrogen-bond acceptors (Lipinski definition) is 3. The Labute approximate surface area is 52.7 Å². The number of aliphatic hydroxyl groups excluding tert-OH is 1. The van der Waals surface area contributed by atoms with Crippen LogP contribution < -0.4 is 5.73 Å². The Bertz CT molecular complexity index is 161. The van der Waals surface area contributed by atoms with E-state index >= 15 is 0 Å². The van der Waals surface area contributed by atoms with E-state index in [9.17, 15) is 0 Å². The molecule has 50 valence electrons. The number of rotatable bonds is 2. The lowest BCUT2D eigenvalue weighted by molar-refractivity contribution is 0.182. The van der Waals surface area contributed by atoms with Gasteiger partial charge in [-0.05, 0) is 0 Å². The van der Waals surface area contributed by atoms with E-state index in [-0.39, 0.29) is 6.54 Å². The van der Waals surface area contributed by atoms with E-state index in [1.165, 1.54) is 6.33 Å². The van der Waals surface area contributed by atoms with Crippen molar-refractivity contribution in [2.75, 3.05) is 6.54 Å². The summed E-state index contributed by atoms with van der Waals surface area (Å²) < 4.78 is 0. The average Bonchev–Trinajstić information content (AvgIpc) is 2.37. The molecule has 0 bridgehead atoms. The maximum Gasteiger partial charge on any atom is 0.107 e. The summed E-state index contributed by atoms with van der Waals surface area (Å²) in [5, 5.41) is 9.02. The molecule has 0 aliphatic heterocycles. The Morgan fingerprint density at radius 3 is 3.11 bits per heavy atom. The van der Waals surface area contributed by atoms with Crippen LogP contribution in [0.15, 0.2) is 12.5 Å². The summed E-state index contributed by atoms with van der Waals surface area (Å²) in [5.41, 5.74) is 5.83. The molecule has 0 aliphatic rings. The molecular formula is C5H9N3O. The van der Waals surface area contributed by atoms with Crippen molar-refractivity contribution in [2.24, 2.45) is 5.73 Å². The van der Waals surface area contributed by atoms with Gasteiger partial charge in [0.2, 0.25) is 0 Å². The molecule has 4 heteroatoms. The predicted molar refractivity (Wildman–Crippen MR) is 32.6 cm³/mol. The first-order valence-electron chi connectivity index (χ1n) is 2.71. The van der Waals surface area contributed by atoms with Gasteiger partial charge >= 0.3 is 0 Å². The first-order chi connectivity index (χ1) is 4.34. The number of nitrogens with one attached hydrogen (secondary N) is 1. The van der Waals surface area contributed by atoms with Gasteiger partial charge in [0.25, 0.3) is 0 Å². The first-order valence-corrected chi connectivity index (χ1v) is 2.71. The fraction of sp³-hybridized carbons (Fsp3) is 0.400. The van der Waals surface area contributed by atoms with Gasteiger partial charge in [-0.2, -0.15) is 0 Å². The number of nitrogens with zero attached hydrogens (tertiary/aromatic N) is 1. The van der Waals surface area contributed by atoms with Crippen molar-refractivity contribution in [1.82, 2.24) is 9.97 Å². The van der Waals surface area contributed by atoms with E-state index in [1.807, 2.05) is 0 Å². The zero-order valence-electron chi connectivity index (χ0n) is 4.91. The molecule has 1 aromatic rings. The van der Waals surface area contributed by atoms with Crippen LogP contribution in [0.2, 0.25) is 0 Å². The highest BCUT2D eigenvalue weighted by atomic mass is 16.3. The Balaban J connectivity index is 2.65. The van der Waals surface area contributed by atoms with Crippen molar-refractivity contribution in [2.45, 2.75) is 6.10 Å². The van der Waals surface area contributed by atoms with E-state index in [0.717, 1.165) is 0 Å². The van der Waals surface area contributed by atoms with E-state index < -0.39 is 6.10 Å². The van der Waals surface area contributed by atoms with Crippen LogP contribution in [-0.4, -0.2) is 21.6 Å². The molecule has 0 radical (unpaired) electrons. The largest absolute Gasteiger partial charge is 0.386 e. The van der Waals surface area contributed by atoms with Crippen molar-refractivity contribution < 1.29 is 5.11 Å². The van der Waals surface area contributed by atoms with Crippen LogP contribution in [0.3, 0.4) is 0 Å². The summed E-state index contributed by atoms with van der Waals surface area (Å²) in [5.74, 6) is 0. The van der Waals surface area contributed by atoms with Gasteiger partial charge in [-0.1, -0.05) is 0 Å². The maximum atomic E-state index is 9.02. The van der Waals surface area contributed by atoms with Crippen LogP contribution >= 0.6 is 0 Å². The minimum atomic E-state index is -0.604. The molecule has 0 aromatic carbocycles. The third-order valence-electron chi connectivity index (χ3n) is 1.10. The molecule has 1 heterocycles. The fourth-order valence-electron chi connectivity index (χ4n) is 0.576. The maximum absolute atomic E-state index is 9.02. The molecule has 0 saturated carbocycles. The number of hydrogen-bond donors (Lipinski definition) is 3. The molecule has 0 fully saturated rings. The Hall–Kier alpha value is -0.870. The number of H-pyrrole nitrogens is 1. The zero-order chi connectivity index (χ0) is 6.69. The Kier molecular flexibility index (Phi) is 1.81. The van der Waals surface area contributed by atoms with E-state index in [0.29, 0.717) is 5.69 Å². The van der Waals surface area contributed by atoms with E-state index in [2.05, 4.69) is 9.97 Å². The topological polar surface area (TPSA) is 74.9 Å². The Morgan fingerprint density at radius 2 is 2.67 bits per heavy atom. The van der Waals surface area contributed by atoms with Gasteiger partial charge < -0.3 is 15.8 Å². The van der Waals surface area contributed by atoms with Crippen LogP contribution in [0.5, 0.6) is 0 Å². The van der Waals surface area contributed by atoms with Crippen molar-refractivity contribution in [3.05, 3.63) is 18.2 Å². The monoisotopic (exact) mass is 127 g/mol. The van der Waals surface area contributed by atoms with Gasteiger partial charge in [0.1, 0.15) is 6.10 Å². The minimum absolute atomic E-state index is 0.224. The first kappa shape index (κ1) is 6.25. The summed E-state index contributed by atoms with van der Waals surface area (Å²) >= 11 is 0. The average molecular weight is 127 g/mol. The predicted octanol–water partition coefficient (Wildman–Crippen LogP) is -0.598. The van der Waals surface area contributed by atoms with Gasteiger partial charge in [0.15, 0.2) is 0 Å². The number of nitrogens with two attached hydrogens (primary N) is 1. The lowest BCUT2D eigenvalue weighted by Gasteiger charge is -2.01. The van der Waals surface area contributed by atoms with Crippen LogP contribution in [0.25, 0.3) is 0 Å². The van der Waals surface area contributed by atoms with Crippen LogP contribution in [-0.2, 0) is 0 Å². The lowest BCUT2D eigenvalue weighted by atomic mass is 10.3. The second-order valence-corrected chi connectivity index (χ2v) is 1.76. The summed E-state index contributed by atoms with van der Waals surface area (Å²) in [7, 11) is 0. The molecule has 0 aliphatic carbocycles. The highest BCUT2D eigenvalue weighted by Gasteiger charge is 2.03. The highest BCUT2D eigenvalue weighted by Crippen LogP contribution is 2.03. The third kappa shape index (κ3) is 1.28. The molecule has 4 N–H and O–H groups in total. The van der Waals surface area contributed by atoms with Gasteiger partial charge in [-0.15, -0.1) is 0 Å². The second kappa shape index (κ2) is 2.61. The molecule has 9 heavy (non-hydrogen) atoms. The lowest BCUT2D eigenvalue weighted by Crippen LogP contribution is -2.11. The molecule has 4 nitrogen and oxygen atoms in total. The third-order valence-corrected chi connectivity index (χ3v) is 1.10. The quantitative estimate of drug-likeness (QED) is 0.496.